The summed E-state index contributed by atoms with van der Waals surface area (Å²) in [7, 11) is 0. The van der Waals surface area contributed by atoms with Gasteiger partial charge in [-0.2, -0.15) is 0 Å². The minimum Gasteiger partial charge on any atom is -0.478 e. The van der Waals surface area contributed by atoms with E-state index in [4.69, 9.17) is 0 Å². The van der Waals surface area contributed by atoms with Crippen LogP contribution in [0.3, 0.4) is 0 Å². The van der Waals surface area contributed by atoms with Crippen LogP contribution in [-0.2, 0) is 13.0 Å². The molecular formula is C28H34N2O4. The Hall–Kier alpha value is -3.41. The van der Waals surface area contributed by atoms with Crippen LogP contribution in [0.5, 0.6) is 0 Å². The number of benzene rings is 2. The maximum absolute atomic E-state index is 13.5. The predicted octanol–water partition coefficient (Wildman–Crippen LogP) is 5.79. The van der Waals surface area contributed by atoms with Crippen molar-refractivity contribution in [2.24, 2.45) is 5.92 Å². The van der Waals surface area contributed by atoms with Crippen molar-refractivity contribution in [3.63, 3.8) is 0 Å². The van der Waals surface area contributed by atoms with Gasteiger partial charge in [-0.1, -0.05) is 69.7 Å². The first-order chi connectivity index (χ1) is 16.3. The molecule has 1 heterocycles. The summed E-state index contributed by atoms with van der Waals surface area (Å²) in [6.45, 7) is 8.42. The number of hydrogen-bond donors (Lipinski definition) is 1. The molecule has 0 unspecified atom stereocenters. The molecule has 0 spiro atoms. The molecular weight excluding hydrogens is 428 g/mol. The van der Waals surface area contributed by atoms with Gasteiger partial charge in [0.1, 0.15) is 0 Å². The molecule has 0 aliphatic carbocycles. The molecule has 6 heteroatoms. The monoisotopic (exact) mass is 462 g/mol. The van der Waals surface area contributed by atoms with Crippen molar-refractivity contribution in [2.45, 2.75) is 66.3 Å². The number of carboxylic acid groups (broad SMARTS) is 1. The highest BCUT2D eigenvalue weighted by Gasteiger charge is 2.22. The van der Waals surface area contributed by atoms with Gasteiger partial charge < -0.3 is 5.11 Å². The summed E-state index contributed by atoms with van der Waals surface area (Å²) in [4.78, 5) is 38.2. The van der Waals surface area contributed by atoms with Gasteiger partial charge in [-0.05, 0) is 54.9 Å². The third kappa shape index (κ3) is 5.38. The molecule has 180 valence electrons. The molecule has 3 aromatic rings. The predicted molar refractivity (Wildman–Crippen MR) is 135 cm³/mol. The standard InChI is InChI=1S/C28H34N2O4/c1-5-6-15-26(31)30-20(4)25(17-16-19(2)3)29(28(30)34)18-21-11-7-8-12-22(21)23-13-9-10-14-24(23)27(32)33/h7-14,19H,5-6,15-18H2,1-4H3,(H,32,33). The third-order valence-corrected chi connectivity index (χ3v) is 6.25. The molecule has 0 atom stereocenters. The molecule has 0 radical (unpaired) electrons. The van der Waals surface area contributed by atoms with Crippen molar-refractivity contribution >= 4 is 11.9 Å². The molecule has 3 rings (SSSR count). The summed E-state index contributed by atoms with van der Waals surface area (Å²) in [5.41, 5.74) is 3.68. The highest BCUT2D eigenvalue weighted by Crippen LogP contribution is 2.28. The van der Waals surface area contributed by atoms with Crippen LogP contribution in [0.15, 0.2) is 53.3 Å². The lowest BCUT2D eigenvalue weighted by atomic mass is 9.95. The first kappa shape index (κ1) is 25.2. The van der Waals surface area contributed by atoms with Crippen LogP contribution in [0.4, 0.5) is 0 Å². The van der Waals surface area contributed by atoms with Gasteiger partial charge in [0.25, 0.3) is 0 Å². The van der Waals surface area contributed by atoms with E-state index in [9.17, 15) is 19.5 Å². The van der Waals surface area contributed by atoms with E-state index >= 15 is 0 Å². The third-order valence-electron chi connectivity index (χ3n) is 6.25. The number of aromatic carboxylic acids is 1. The minimum absolute atomic E-state index is 0.168. The second-order valence-corrected chi connectivity index (χ2v) is 9.17. The summed E-state index contributed by atoms with van der Waals surface area (Å²) in [5.74, 6) is -0.709. The number of imidazole rings is 1. The number of carboxylic acids is 1. The number of carbonyl (C=O) groups is 2. The van der Waals surface area contributed by atoms with Crippen molar-refractivity contribution in [1.29, 1.82) is 0 Å². The average Bonchev–Trinajstić information content (AvgIpc) is 3.05. The van der Waals surface area contributed by atoms with Crippen LogP contribution in [0, 0.1) is 12.8 Å². The molecule has 1 aromatic heterocycles. The molecule has 0 saturated carbocycles. The topological polar surface area (TPSA) is 81.3 Å². The summed E-state index contributed by atoms with van der Waals surface area (Å²) < 4.78 is 3.03. The van der Waals surface area contributed by atoms with Crippen LogP contribution in [-0.4, -0.2) is 26.1 Å². The van der Waals surface area contributed by atoms with E-state index in [0.717, 1.165) is 36.1 Å². The Morgan fingerprint density at radius 1 is 1.00 bits per heavy atom. The van der Waals surface area contributed by atoms with Gasteiger partial charge in [0.05, 0.1) is 12.1 Å². The number of carbonyl (C=O) groups excluding carboxylic acids is 1. The summed E-state index contributed by atoms with van der Waals surface area (Å²) >= 11 is 0. The van der Waals surface area contributed by atoms with E-state index in [1.54, 1.807) is 22.8 Å². The number of aromatic nitrogens is 2. The number of nitrogens with zero attached hydrogens (tertiary/aromatic N) is 2. The molecule has 0 bridgehead atoms. The van der Waals surface area contributed by atoms with Gasteiger partial charge in [0.15, 0.2) is 0 Å². The van der Waals surface area contributed by atoms with E-state index in [-0.39, 0.29) is 23.7 Å². The quantitative estimate of drug-likeness (QED) is 0.413. The zero-order valence-corrected chi connectivity index (χ0v) is 20.5. The van der Waals surface area contributed by atoms with Gasteiger partial charge in [0.2, 0.25) is 5.91 Å². The first-order valence-corrected chi connectivity index (χ1v) is 12.0. The Labute approximate surface area is 200 Å². The molecule has 6 nitrogen and oxygen atoms in total. The number of rotatable bonds is 10. The van der Waals surface area contributed by atoms with Crippen molar-refractivity contribution in [1.82, 2.24) is 9.13 Å². The summed E-state index contributed by atoms with van der Waals surface area (Å²) in [6.07, 6.45) is 3.56. The fourth-order valence-electron chi connectivity index (χ4n) is 4.34. The van der Waals surface area contributed by atoms with Crippen LogP contribution in [0.25, 0.3) is 11.1 Å². The van der Waals surface area contributed by atoms with Gasteiger partial charge >= 0.3 is 11.7 Å². The van der Waals surface area contributed by atoms with Gasteiger partial charge in [-0.3, -0.25) is 9.36 Å². The van der Waals surface area contributed by atoms with E-state index in [0.29, 0.717) is 30.0 Å². The Kier molecular flexibility index (Phi) is 8.26. The smallest absolute Gasteiger partial charge is 0.336 e. The van der Waals surface area contributed by atoms with E-state index in [2.05, 4.69) is 13.8 Å². The highest BCUT2D eigenvalue weighted by atomic mass is 16.4. The fraction of sp³-hybridized carbons (Fsp3) is 0.393. The van der Waals surface area contributed by atoms with E-state index in [1.165, 1.54) is 4.57 Å². The van der Waals surface area contributed by atoms with Crippen LogP contribution >= 0.6 is 0 Å². The second kappa shape index (κ2) is 11.1. The van der Waals surface area contributed by atoms with E-state index < -0.39 is 5.97 Å². The normalized spacial score (nSPS) is 11.2. The van der Waals surface area contributed by atoms with Crippen LogP contribution in [0.1, 0.15) is 78.6 Å². The molecule has 0 saturated heterocycles. The Balaban J connectivity index is 2.13. The van der Waals surface area contributed by atoms with Gasteiger partial charge in [-0.25, -0.2) is 14.2 Å². The first-order valence-electron chi connectivity index (χ1n) is 12.0. The van der Waals surface area contributed by atoms with Crippen LogP contribution < -0.4 is 5.69 Å². The van der Waals surface area contributed by atoms with Crippen molar-refractivity contribution in [3.05, 3.63) is 81.5 Å². The van der Waals surface area contributed by atoms with Crippen molar-refractivity contribution in [3.8, 4) is 11.1 Å². The zero-order valence-electron chi connectivity index (χ0n) is 20.5. The summed E-state index contributed by atoms with van der Waals surface area (Å²) in [5, 5.41) is 9.69. The lowest BCUT2D eigenvalue weighted by molar-refractivity contribution is 0.0697. The molecule has 1 N–H and O–H groups in total. The number of unbranched alkanes of at least 4 members (excludes halogenated alkanes) is 1. The lowest BCUT2D eigenvalue weighted by Gasteiger charge is -2.14. The molecule has 0 fully saturated rings. The van der Waals surface area contributed by atoms with Gasteiger partial charge in [0, 0.05) is 17.8 Å². The SMILES string of the molecule is CCCCC(=O)n1c(C)c(CCC(C)C)n(Cc2ccccc2-c2ccccc2C(=O)O)c1=O. The average molecular weight is 463 g/mol. The molecule has 34 heavy (non-hydrogen) atoms. The highest BCUT2D eigenvalue weighted by molar-refractivity contribution is 5.96. The van der Waals surface area contributed by atoms with Crippen molar-refractivity contribution in [2.75, 3.05) is 0 Å². The maximum Gasteiger partial charge on any atom is 0.336 e. The van der Waals surface area contributed by atoms with Crippen molar-refractivity contribution < 1.29 is 14.7 Å². The summed E-state index contributed by atoms with van der Waals surface area (Å²) in [6, 6.07) is 14.4. The van der Waals surface area contributed by atoms with E-state index in [1.807, 2.05) is 44.2 Å². The Morgan fingerprint density at radius 3 is 2.29 bits per heavy atom. The van der Waals surface area contributed by atoms with Crippen LogP contribution in [0.2, 0.25) is 0 Å². The number of hydrogen-bond acceptors (Lipinski definition) is 3. The second-order valence-electron chi connectivity index (χ2n) is 9.17. The molecule has 0 aliphatic heterocycles. The maximum atomic E-state index is 13.5. The fourth-order valence-corrected chi connectivity index (χ4v) is 4.34. The molecule has 0 amide bonds. The minimum atomic E-state index is -0.997. The zero-order chi connectivity index (χ0) is 24.8. The lowest BCUT2D eigenvalue weighted by Crippen LogP contribution is -2.30. The molecule has 0 aliphatic rings. The van der Waals surface area contributed by atoms with Gasteiger partial charge in [-0.15, -0.1) is 0 Å². The Bertz CT molecular complexity index is 1230. The largest absolute Gasteiger partial charge is 0.478 e. The Morgan fingerprint density at radius 2 is 1.65 bits per heavy atom. The molecule has 2 aromatic carbocycles.